The van der Waals surface area contributed by atoms with Gasteiger partial charge in [-0.3, -0.25) is 0 Å². The van der Waals surface area contributed by atoms with E-state index in [1.807, 2.05) is 12.3 Å². The highest BCUT2D eigenvalue weighted by Crippen LogP contribution is 2.35. The van der Waals surface area contributed by atoms with Crippen LogP contribution in [-0.4, -0.2) is 22.4 Å². The highest BCUT2D eigenvalue weighted by Gasteiger charge is 2.30. The van der Waals surface area contributed by atoms with E-state index in [1.54, 1.807) is 0 Å². The fourth-order valence-electron chi connectivity index (χ4n) is 3.20. The van der Waals surface area contributed by atoms with Crippen molar-refractivity contribution in [3.8, 4) is 5.69 Å². The average molecular weight is 255 g/mol. The molecule has 0 saturated heterocycles. The molecule has 2 unspecified atom stereocenters. The van der Waals surface area contributed by atoms with E-state index >= 15 is 0 Å². The van der Waals surface area contributed by atoms with Gasteiger partial charge in [0.25, 0.3) is 0 Å². The van der Waals surface area contributed by atoms with Crippen molar-refractivity contribution >= 4 is 0 Å². The number of hydrogen-bond acceptors (Lipinski definition) is 2. The molecule has 0 aliphatic heterocycles. The lowest BCUT2D eigenvalue weighted by Gasteiger charge is -2.21. The van der Waals surface area contributed by atoms with E-state index in [9.17, 15) is 0 Å². The van der Waals surface area contributed by atoms with Crippen LogP contribution in [-0.2, 0) is 0 Å². The molecule has 2 atom stereocenters. The Morgan fingerprint density at radius 2 is 2.05 bits per heavy atom. The lowest BCUT2D eigenvalue weighted by atomic mass is 9.99. The van der Waals surface area contributed by atoms with Crippen molar-refractivity contribution in [3.63, 3.8) is 0 Å². The van der Waals surface area contributed by atoms with Crippen LogP contribution in [0.2, 0.25) is 0 Å². The molecular formula is C16H21N3. The maximum atomic E-state index is 4.51. The zero-order chi connectivity index (χ0) is 13.1. The number of benzene rings is 1. The lowest BCUT2D eigenvalue weighted by molar-refractivity contribution is 0.478. The van der Waals surface area contributed by atoms with Crippen LogP contribution in [0.15, 0.2) is 42.6 Å². The SMILES string of the molecule is CCNC1CCCC1c1ccnn1-c1ccccc1. The largest absolute Gasteiger partial charge is 0.314 e. The molecule has 1 aromatic heterocycles. The number of likely N-dealkylation sites (N-methyl/N-ethyl adjacent to an activating group) is 1. The van der Waals surface area contributed by atoms with Gasteiger partial charge in [-0.2, -0.15) is 5.10 Å². The molecule has 0 radical (unpaired) electrons. The minimum absolute atomic E-state index is 0.586. The summed E-state index contributed by atoms with van der Waals surface area (Å²) in [5, 5.41) is 8.13. The summed E-state index contributed by atoms with van der Waals surface area (Å²) < 4.78 is 2.10. The van der Waals surface area contributed by atoms with Crippen molar-refractivity contribution in [3.05, 3.63) is 48.3 Å². The van der Waals surface area contributed by atoms with E-state index in [2.05, 4.69) is 52.4 Å². The first-order valence-corrected chi connectivity index (χ1v) is 7.23. The summed E-state index contributed by atoms with van der Waals surface area (Å²) in [5.41, 5.74) is 2.50. The molecule has 3 nitrogen and oxygen atoms in total. The first-order chi connectivity index (χ1) is 9.40. The second kappa shape index (κ2) is 5.57. The maximum Gasteiger partial charge on any atom is 0.0648 e. The number of hydrogen-bond donors (Lipinski definition) is 1. The Bertz CT molecular complexity index is 518. The van der Waals surface area contributed by atoms with Crippen LogP contribution in [0.1, 0.15) is 37.8 Å². The third-order valence-corrected chi connectivity index (χ3v) is 4.03. The summed E-state index contributed by atoms with van der Waals surface area (Å²) in [5.74, 6) is 0.586. The molecule has 1 aromatic carbocycles. The Labute approximate surface area is 114 Å². The number of nitrogens with one attached hydrogen (secondary N) is 1. The van der Waals surface area contributed by atoms with Gasteiger partial charge >= 0.3 is 0 Å². The van der Waals surface area contributed by atoms with Crippen LogP contribution in [0.5, 0.6) is 0 Å². The quantitative estimate of drug-likeness (QED) is 0.909. The summed E-state index contributed by atoms with van der Waals surface area (Å²) in [6, 6.07) is 13.2. The van der Waals surface area contributed by atoms with Crippen LogP contribution in [0.3, 0.4) is 0 Å². The molecule has 3 rings (SSSR count). The molecule has 2 aromatic rings. The van der Waals surface area contributed by atoms with E-state index in [0.29, 0.717) is 12.0 Å². The van der Waals surface area contributed by atoms with Gasteiger partial charge in [0.1, 0.15) is 0 Å². The Hall–Kier alpha value is -1.61. The van der Waals surface area contributed by atoms with E-state index in [1.165, 1.54) is 25.0 Å². The third kappa shape index (κ3) is 2.43. The van der Waals surface area contributed by atoms with Crippen molar-refractivity contribution in [2.75, 3.05) is 6.54 Å². The lowest BCUT2D eigenvalue weighted by Crippen LogP contribution is -2.31. The highest BCUT2D eigenvalue weighted by molar-refractivity contribution is 5.33. The minimum Gasteiger partial charge on any atom is -0.314 e. The van der Waals surface area contributed by atoms with Gasteiger partial charge in [-0.05, 0) is 37.6 Å². The van der Waals surface area contributed by atoms with Crippen LogP contribution in [0.25, 0.3) is 5.69 Å². The van der Waals surface area contributed by atoms with Crippen molar-refractivity contribution in [1.29, 1.82) is 0 Å². The van der Waals surface area contributed by atoms with Gasteiger partial charge in [0.15, 0.2) is 0 Å². The molecule has 100 valence electrons. The molecule has 0 amide bonds. The fraction of sp³-hybridized carbons (Fsp3) is 0.438. The summed E-state index contributed by atoms with van der Waals surface area (Å²) in [6.45, 7) is 3.23. The fourth-order valence-corrected chi connectivity index (χ4v) is 3.20. The summed E-state index contributed by atoms with van der Waals surface area (Å²) in [6.07, 6.45) is 5.76. The Balaban J connectivity index is 1.92. The molecule has 0 spiro atoms. The molecule has 19 heavy (non-hydrogen) atoms. The monoisotopic (exact) mass is 255 g/mol. The molecule has 1 heterocycles. The van der Waals surface area contributed by atoms with Gasteiger partial charge in [0.2, 0.25) is 0 Å². The second-order valence-corrected chi connectivity index (χ2v) is 5.20. The van der Waals surface area contributed by atoms with Crippen molar-refractivity contribution < 1.29 is 0 Å². The van der Waals surface area contributed by atoms with Gasteiger partial charge in [0.05, 0.1) is 5.69 Å². The van der Waals surface area contributed by atoms with E-state index in [-0.39, 0.29) is 0 Å². The van der Waals surface area contributed by atoms with E-state index in [0.717, 1.165) is 12.2 Å². The summed E-state index contributed by atoms with van der Waals surface area (Å²) in [4.78, 5) is 0. The molecule has 1 saturated carbocycles. The van der Waals surface area contributed by atoms with Gasteiger partial charge in [-0.15, -0.1) is 0 Å². The van der Waals surface area contributed by atoms with Crippen molar-refractivity contribution in [2.45, 2.75) is 38.1 Å². The Morgan fingerprint density at radius 3 is 2.84 bits per heavy atom. The first kappa shape index (κ1) is 12.4. The maximum absolute atomic E-state index is 4.51. The molecular weight excluding hydrogens is 234 g/mol. The average Bonchev–Trinajstić information content (AvgIpc) is 3.08. The third-order valence-electron chi connectivity index (χ3n) is 4.03. The first-order valence-electron chi connectivity index (χ1n) is 7.23. The van der Waals surface area contributed by atoms with Gasteiger partial charge in [-0.1, -0.05) is 31.5 Å². The van der Waals surface area contributed by atoms with Gasteiger partial charge in [0, 0.05) is 23.9 Å². The van der Waals surface area contributed by atoms with Crippen LogP contribution < -0.4 is 5.32 Å². The topological polar surface area (TPSA) is 29.9 Å². The molecule has 1 fully saturated rings. The van der Waals surface area contributed by atoms with E-state index < -0.39 is 0 Å². The molecule has 1 aliphatic carbocycles. The second-order valence-electron chi connectivity index (χ2n) is 5.20. The summed E-state index contributed by atoms with van der Waals surface area (Å²) in [7, 11) is 0. The smallest absolute Gasteiger partial charge is 0.0648 e. The predicted molar refractivity (Wildman–Crippen MR) is 77.6 cm³/mol. The van der Waals surface area contributed by atoms with Gasteiger partial charge in [-0.25, -0.2) is 4.68 Å². The van der Waals surface area contributed by atoms with Crippen LogP contribution in [0.4, 0.5) is 0 Å². The van der Waals surface area contributed by atoms with Gasteiger partial charge < -0.3 is 5.32 Å². The molecule has 3 heteroatoms. The van der Waals surface area contributed by atoms with Crippen molar-refractivity contribution in [2.24, 2.45) is 0 Å². The number of nitrogens with zero attached hydrogens (tertiary/aromatic N) is 2. The summed E-state index contributed by atoms with van der Waals surface area (Å²) >= 11 is 0. The number of aromatic nitrogens is 2. The Morgan fingerprint density at radius 1 is 1.21 bits per heavy atom. The minimum atomic E-state index is 0.586. The standard InChI is InChI=1S/C16H21N3/c1-2-17-15-10-6-9-14(15)16-11-12-18-19(16)13-7-4-3-5-8-13/h3-5,7-8,11-12,14-15,17H,2,6,9-10H2,1H3. The zero-order valence-corrected chi connectivity index (χ0v) is 11.4. The highest BCUT2D eigenvalue weighted by atomic mass is 15.3. The number of rotatable bonds is 4. The predicted octanol–water partition coefficient (Wildman–Crippen LogP) is 3.12. The van der Waals surface area contributed by atoms with E-state index in [4.69, 9.17) is 0 Å². The van der Waals surface area contributed by atoms with Crippen molar-refractivity contribution in [1.82, 2.24) is 15.1 Å². The number of para-hydroxylation sites is 1. The molecule has 1 aliphatic rings. The van der Waals surface area contributed by atoms with Crippen LogP contribution >= 0.6 is 0 Å². The van der Waals surface area contributed by atoms with Crippen LogP contribution in [0, 0.1) is 0 Å². The normalized spacial score (nSPS) is 22.8. The molecule has 0 bridgehead atoms. The zero-order valence-electron chi connectivity index (χ0n) is 11.4. The Kier molecular flexibility index (Phi) is 3.65. The molecule has 1 N–H and O–H groups in total.